The molecule has 21 heavy (non-hydrogen) atoms. The van der Waals surface area contributed by atoms with Crippen LogP contribution >= 0.6 is 27.7 Å². The summed E-state index contributed by atoms with van der Waals surface area (Å²) in [5.74, 6) is 0.690. The Hall–Kier alpha value is -1.52. The number of amides is 1. The van der Waals surface area contributed by atoms with Gasteiger partial charge in [0.2, 0.25) is 0 Å². The zero-order valence-electron chi connectivity index (χ0n) is 11.7. The number of aryl methyl sites for hydroxylation is 1. The van der Waals surface area contributed by atoms with E-state index >= 15 is 0 Å². The van der Waals surface area contributed by atoms with E-state index in [9.17, 15) is 4.79 Å². The maximum Gasteiger partial charge on any atom is 0.256 e. The molecule has 0 atom stereocenters. The summed E-state index contributed by atoms with van der Waals surface area (Å²) in [6, 6.07) is 13.5. The molecule has 0 aliphatic heterocycles. The minimum atomic E-state index is -0.117. The van der Waals surface area contributed by atoms with Crippen molar-refractivity contribution in [1.82, 2.24) is 0 Å². The number of hydrogen-bond donors (Lipinski definition) is 1. The maximum atomic E-state index is 12.4. The van der Waals surface area contributed by atoms with Crippen molar-refractivity contribution in [3.8, 4) is 0 Å². The Kier molecular flexibility index (Phi) is 5.65. The van der Waals surface area contributed by atoms with Gasteiger partial charge in [-0.1, -0.05) is 24.3 Å². The third-order valence-electron chi connectivity index (χ3n) is 2.86. The summed E-state index contributed by atoms with van der Waals surface area (Å²) in [6.07, 6.45) is 1.85. The van der Waals surface area contributed by atoms with Gasteiger partial charge in [-0.25, -0.2) is 0 Å². The second-order valence-corrected chi connectivity index (χ2v) is 6.45. The van der Waals surface area contributed by atoms with Crippen LogP contribution in [-0.2, 0) is 0 Å². The first-order valence-corrected chi connectivity index (χ1v) is 8.30. The first-order valence-electron chi connectivity index (χ1n) is 6.52. The Morgan fingerprint density at radius 2 is 2.10 bits per heavy atom. The Bertz CT molecular complexity index is 670. The lowest BCUT2D eigenvalue weighted by Crippen LogP contribution is -2.13. The van der Waals surface area contributed by atoms with E-state index < -0.39 is 0 Å². The van der Waals surface area contributed by atoms with Gasteiger partial charge >= 0.3 is 0 Å². The summed E-state index contributed by atoms with van der Waals surface area (Å²) in [6.45, 7) is 5.71. The van der Waals surface area contributed by atoms with E-state index in [-0.39, 0.29) is 5.91 Å². The van der Waals surface area contributed by atoms with Crippen molar-refractivity contribution in [2.75, 3.05) is 11.1 Å². The van der Waals surface area contributed by atoms with Crippen LogP contribution in [0.15, 0.2) is 64.5 Å². The first-order chi connectivity index (χ1) is 10.1. The molecule has 0 saturated heterocycles. The van der Waals surface area contributed by atoms with E-state index in [0.717, 1.165) is 26.4 Å². The number of carbonyl (C=O) groups excluding carboxylic acids is 1. The number of halogens is 1. The molecule has 0 bridgehead atoms. The van der Waals surface area contributed by atoms with E-state index in [0.29, 0.717) is 5.56 Å². The highest BCUT2D eigenvalue weighted by Crippen LogP contribution is 2.28. The van der Waals surface area contributed by atoms with Gasteiger partial charge in [-0.15, -0.1) is 18.3 Å². The normalized spacial score (nSPS) is 10.2. The van der Waals surface area contributed by atoms with Crippen LogP contribution in [0.25, 0.3) is 0 Å². The summed E-state index contributed by atoms with van der Waals surface area (Å²) in [5, 5.41) is 2.97. The SMILES string of the molecule is C=CCSc1ccccc1NC(=O)c1ccc(C)cc1Br. The molecule has 1 amide bonds. The standard InChI is InChI=1S/C17H16BrNOS/c1-3-10-21-16-7-5-4-6-15(16)19-17(20)13-9-8-12(2)11-14(13)18/h3-9,11H,1,10H2,2H3,(H,19,20). The smallest absolute Gasteiger partial charge is 0.256 e. The molecule has 0 saturated carbocycles. The first kappa shape index (κ1) is 15.9. The molecule has 0 heterocycles. The van der Waals surface area contributed by atoms with Gasteiger partial charge in [0.25, 0.3) is 5.91 Å². The van der Waals surface area contributed by atoms with Gasteiger partial charge in [0.15, 0.2) is 0 Å². The van der Waals surface area contributed by atoms with Crippen molar-refractivity contribution < 1.29 is 4.79 Å². The van der Waals surface area contributed by atoms with Crippen LogP contribution in [0.3, 0.4) is 0 Å². The van der Waals surface area contributed by atoms with Crippen molar-refractivity contribution in [2.24, 2.45) is 0 Å². The van der Waals surface area contributed by atoms with Crippen molar-refractivity contribution in [1.29, 1.82) is 0 Å². The molecule has 4 heteroatoms. The zero-order valence-corrected chi connectivity index (χ0v) is 14.1. The fourth-order valence-corrected chi connectivity index (χ4v) is 3.26. The predicted molar refractivity (Wildman–Crippen MR) is 94.2 cm³/mol. The van der Waals surface area contributed by atoms with Crippen LogP contribution < -0.4 is 5.32 Å². The fraction of sp³-hybridized carbons (Fsp3) is 0.118. The lowest BCUT2D eigenvalue weighted by molar-refractivity contribution is 0.102. The van der Waals surface area contributed by atoms with Crippen LogP contribution in [0.5, 0.6) is 0 Å². The molecule has 108 valence electrons. The molecule has 2 aromatic rings. The zero-order chi connectivity index (χ0) is 15.2. The summed E-state index contributed by atoms with van der Waals surface area (Å²) < 4.78 is 0.802. The lowest BCUT2D eigenvalue weighted by Gasteiger charge is -2.11. The van der Waals surface area contributed by atoms with Crippen LogP contribution in [0.1, 0.15) is 15.9 Å². The highest BCUT2D eigenvalue weighted by Gasteiger charge is 2.12. The van der Waals surface area contributed by atoms with Crippen LogP contribution in [-0.4, -0.2) is 11.7 Å². The molecule has 0 unspecified atom stereocenters. The van der Waals surface area contributed by atoms with Crippen LogP contribution in [0.2, 0.25) is 0 Å². The fourth-order valence-electron chi connectivity index (χ4n) is 1.84. The summed E-state index contributed by atoms with van der Waals surface area (Å²) >= 11 is 5.09. The van der Waals surface area contributed by atoms with E-state index in [1.165, 1.54) is 0 Å². The molecule has 2 rings (SSSR count). The van der Waals surface area contributed by atoms with Crippen molar-refractivity contribution in [3.05, 3.63) is 70.7 Å². The molecule has 0 aromatic heterocycles. The number of rotatable bonds is 5. The molecule has 0 aliphatic carbocycles. The quantitative estimate of drug-likeness (QED) is 0.579. The average molecular weight is 362 g/mol. The number of benzene rings is 2. The van der Waals surface area contributed by atoms with Gasteiger partial charge in [-0.3, -0.25) is 4.79 Å². The minimum Gasteiger partial charge on any atom is -0.321 e. The van der Waals surface area contributed by atoms with Crippen molar-refractivity contribution in [2.45, 2.75) is 11.8 Å². The largest absolute Gasteiger partial charge is 0.321 e. The number of anilines is 1. The second-order valence-electron chi connectivity index (χ2n) is 4.53. The summed E-state index contributed by atoms with van der Waals surface area (Å²) in [5.41, 5.74) is 2.56. The highest BCUT2D eigenvalue weighted by molar-refractivity contribution is 9.10. The third kappa shape index (κ3) is 4.22. The highest BCUT2D eigenvalue weighted by atomic mass is 79.9. The van der Waals surface area contributed by atoms with E-state index in [4.69, 9.17) is 0 Å². The number of hydrogen-bond acceptors (Lipinski definition) is 2. The molecular weight excluding hydrogens is 346 g/mol. The molecule has 0 radical (unpaired) electrons. The third-order valence-corrected chi connectivity index (χ3v) is 4.59. The van der Waals surface area contributed by atoms with Crippen molar-refractivity contribution in [3.63, 3.8) is 0 Å². The number of carbonyl (C=O) groups is 1. The minimum absolute atomic E-state index is 0.117. The molecule has 0 spiro atoms. The molecule has 2 nitrogen and oxygen atoms in total. The maximum absolute atomic E-state index is 12.4. The monoisotopic (exact) mass is 361 g/mol. The Morgan fingerprint density at radius 1 is 1.33 bits per heavy atom. The summed E-state index contributed by atoms with van der Waals surface area (Å²) in [7, 11) is 0. The molecular formula is C17H16BrNOS. The Labute approximate surface area is 137 Å². The predicted octanol–water partition coefficient (Wildman–Crippen LogP) is 5.29. The molecule has 2 aromatic carbocycles. The van der Waals surface area contributed by atoms with Gasteiger partial charge in [0.1, 0.15) is 0 Å². The molecule has 1 N–H and O–H groups in total. The van der Waals surface area contributed by atoms with Crippen LogP contribution in [0.4, 0.5) is 5.69 Å². The Balaban J connectivity index is 2.21. The van der Waals surface area contributed by atoms with Gasteiger partial charge in [-0.2, -0.15) is 0 Å². The van der Waals surface area contributed by atoms with E-state index in [1.54, 1.807) is 11.8 Å². The average Bonchev–Trinajstić information content (AvgIpc) is 2.46. The molecule has 0 fully saturated rings. The topological polar surface area (TPSA) is 29.1 Å². The number of para-hydroxylation sites is 1. The van der Waals surface area contributed by atoms with E-state index in [2.05, 4.69) is 27.8 Å². The van der Waals surface area contributed by atoms with Gasteiger partial charge in [0.05, 0.1) is 11.3 Å². The van der Waals surface area contributed by atoms with Gasteiger partial charge < -0.3 is 5.32 Å². The van der Waals surface area contributed by atoms with Crippen molar-refractivity contribution >= 4 is 39.3 Å². The summed E-state index contributed by atoms with van der Waals surface area (Å²) in [4.78, 5) is 13.4. The van der Waals surface area contributed by atoms with Gasteiger partial charge in [0, 0.05) is 15.1 Å². The lowest BCUT2D eigenvalue weighted by atomic mass is 10.1. The number of nitrogens with one attached hydrogen (secondary N) is 1. The van der Waals surface area contributed by atoms with Crippen LogP contribution in [0, 0.1) is 6.92 Å². The second kappa shape index (κ2) is 7.48. The van der Waals surface area contributed by atoms with Gasteiger partial charge in [-0.05, 0) is 52.7 Å². The number of thioether (sulfide) groups is 1. The molecule has 0 aliphatic rings. The van der Waals surface area contributed by atoms with E-state index in [1.807, 2.05) is 55.5 Å². The Morgan fingerprint density at radius 3 is 2.81 bits per heavy atom.